The Morgan fingerprint density at radius 1 is 0.938 bits per heavy atom. The first-order chi connectivity index (χ1) is 15.5. The highest BCUT2D eigenvalue weighted by molar-refractivity contribution is 7.80. The molecule has 0 unspecified atom stereocenters. The molecule has 32 heavy (non-hydrogen) atoms. The van der Waals surface area contributed by atoms with E-state index in [4.69, 9.17) is 12.2 Å². The highest BCUT2D eigenvalue weighted by Gasteiger charge is 2.42. The molecule has 1 fully saturated rings. The molecule has 0 spiro atoms. The number of hydrogen-bond donors (Lipinski definition) is 1. The molecular weight excluding hydrogens is 426 g/mol. The lowest BCUT2D eigenvalue weighted by atomic mass is 10.0. The molecule has 160 valence electrons. The average Bonchev–Trinajstić information content (AvgIpc) is 3.41. The maximum Gasteiger partial charge on any atom is 0.174 e. The lowest BCUT2D eigenvalue weighted by Gasteiger charge is -2.29. The van der Waals surface area contributed by atoms with E-state index in [1.807, 2.05) is 46.0 Å². The smallest absolute Gasteiger partial charge is 0.174 e. The zero-order chi connectivity index (χ0) is 22.2. The van der Waals surface area contributed by atoms with Gasteiger partial charge in [-0.1, -0.05) is 18.2 Å². The maximum absolute atomic E-state index is 14.7. The van der Waals surface area contributed by atoms with Crippen LogP contribution in [0.1, 0.15) is 29.0 Å². The van der Waals surface area contributed by atoms with E-state index in [9.17, 15) is 8.78 Å². The van der Waals surface area contributed by atoms with Gasteiger partial charge in [0, 0.05) is 23.8 Å². The molecule has 0 radical (unpaired) electrons. The van der Waals surface area contributed by atoms with E-state index in [0.29, 0.717) is 16.4 Å². The molecule has 2 atom stereocenters. The van der Waals surface area contributed by atoms with Crippen molar-refractivity contribution in [3.63, 3.8) is 0 Å². The Bertz CT molecular complexity index is 1290. The number of nitrogens with one attached hydrogen (secondary N) is 1. The second-order valence-corrected chi connectivity index (χ2v) is 8.07. The molecule has 0 aliphatic carbocycles. The van der Waals surface area contributed by atoms with E-state index in [1.54, 1.807) is 43.5 Å². The molecule has 4 aromatic rings. The number of nitrogens with zero attached hydrogens (tertiary/aromatic N) is 3. The number of aromatic nitrogens is 2. The normalized spacial score (nSPS) is 18.1. The monoisotopic (exact) mass is 446 g/mol. The third kappa shape index (κ3) is 3.44. The summed E-state index contributed by atoms with van der Waals surface area (Å²) in [5.41, 5.74) is 3.36. The van der Waals surface area contributed by atoms with Crippen LogP contribution in [0.25, 0.3) is 5.69 Å². The van der Waals surface area contributed by atoms with Gasteiger partial charge >= 0.3 is 0 Å². The van der Waals surface area contributed by atoms with Gasteiger partial charge in [-0.3, -0.25) is 4.98 Å². The molecule has 1 saturated heterocycles. The van der Waals surface area contributed by atoms with E-state index in [-0.39, 0.29) is 23.7 Å². The molecule has 1 aliphatic rings. The van der Waals surface area contributed by atoms with Crippen LogP contribution < -0.4 is 10.2 Å². The van der Waals surface area contributed by atoms with Crippen molar-refractivity contribution >= 4 is 23.0 Å². The highest BCUT2D eigenvalue weighted by Crippen LogP contribution is 2.42. The van der Waals surface area contributed by atoms with Crippen molar-refractivity contribution < 1.29 is 8.78 Å². The molecule has 0 amide bonds. The Morgan fingerprint density at radius 2 is 1.75 bits per heavy atom. The largest absolute Gasteiger partial charge is 0.351 e. The predicted molar refractivity (Wildman–Crippen MR) is 125 cm³/mol. The Hall–Kier alpha value is -3.58. The third-order valence-corrected chi connectivity index (χ3v) is 6.03. The number of aryl methyl sites for hydroxylation is 1. The number of halogens is 2. The van der Waals surface area contributed by atoms with Gasteiger partial charge in [-0.05, 0) is 79.3 Å². The Morgan fingerprint density at radius 3 is 2.50 bits per heavy atom. The molecule has 0 saturated carbocycles. The van der Waals surface area contributed by atoms with E-state index in [0.717, 1.165) is 17.1 Å². The van der Waals surface area contributed by atoms with Crippen molar-refractivity contribution in [2.24, 2.45) is 0 Å². The number of benzene rings is 2. The van der Waals surface area contributed by atoms with Crippen LogP contribution >= 0.6 is 12.2 Å². The zero-order valence-corrected chi connectivity index (χ0v) is 18.1. The first-order valence-corrected chi connectivity index (χ1v) is 10.6. The SMILES string of the molecule is Cc1cc(N2C(=S)N[C@H](c3ccccn3)[C@@H]2c2cccn2-c2ccccc2F)ccc1F. The standard InChI is InChI=1S/C25H20F2N4S/c1-16-15-17(11-12-18(16)26)31-24(23(29-25(31)32)20-8-4-5-13-28-20)22-10-6-14-30(22)21-9-3-2-7-19(21)27/h2-15,23-24H,1H3,(H,29,32)/t23-,24+/m1/s1. The van der Waals surface area contributed by atoms with Crippen molar-refractivity contribution in [1.29, 1.82) is 0 Å². The molecule has 1 aliphatic heterocycles. The molecule has 2 aromatic heterocycles. The van der Waals surface area contributed by atoms with Gasteiger partial charge in [-0.25, -0.2) is 8.78 Å². The summed E-state index contributed by atoms with van der Waals surface area (Å²) in [5.74, 6) is -0.601. The number of thiocarbonyl (C=S) groups is 1. The topological polar surface area (TPSA) is 33.1 Å². The van der Waals surface area contributed by atoms with Gasteiger partial charge in [-0.2, -0.15) is 0 Å². The quantitative estimate of drug-likeness (QED) is 0.412. The van der Waals surface area contributed by atoms with Gasteiger partial charge in [0.2, 0.25) is 0 Å². The molecule has 4 nitrogen and oxygen atoms in total. The van der Waals surface area contributed by atoms with Crippen molar-refractivity contribution in [3.05, 3.63) is 114 Å². The number of pyridine rings is 1. The minimum Gasteiger partial charge on any atom is -0.351 e. The molecule has 3 heterocycles. The summed E-state index contributed by atoms with van der Waals surface area (Å²) in [6.45, 7) is 1.72. The first-order valence-electron chi connectivity index (χ1n) is 10.2. The van der Waals surface area contributed by atoms with Gasteiger partial charge in [0.1, 0.15) is 17.7 Å². The molecule has 5 rings (SSSR count). The van der Waals surface area contributed by atoms with Crippen LogP contribution in [0, 0.1) is 18.6 Å². The van der Waals surface area contributed by atoms with Gasteiger partial charge in [0.05, 0.1) is 17.4 Å². The summed E-state index contributed by atoms with van der Waals surface area (Å²) in [6.07, 6.45) is 3.57. The summed E-state index contributed by atoms with van der Waals surface area (Å²) >= 11 is 5.72. The molecule has 0 bridgehead atoms. The van der Waals surface area contributed by atoms with E-state index < -0.39 is 0 Å². The van der Waals surface area contributed by atoms with Crippen molar-refractivity contribution in [2.75, 3.05) is 4.90 Å². The van der Waals surface area contributed by atoms with Crippen LogP contribution in [0.4, 0.5) is 14.5 Å². The zero-order valence-electron chi connectivity index (χ0n) is 17.2. The second kappa shape index (κ2) is 8.16. The van der Waals surface area contributed by atoms with Crippen LogP contribution in [0.5, 0.6) is 0 Å². The minimum atomic E-state index is -0.336. The molecular formula is C25H20F2N4S. The Balaban J connectivity index is 1.69. The fourth-order valence-electron chi connectivity index (χ4n) is 4.21. The summed E-state index contributed by atoms with van der Waals surface area (Å²) in [5, 5.41) is 3.88. The summed E-state index contributed by atoms with van der Waals surface area (Å²) in [4.78, 5) is 6.50. The predicted octanol–water partition coefficient (Wildman–Crippen LogP) is 5.64. The highest BCUT2D eigenvalue weighted by atomic mass is 32.1. The maximum atomic E-state index is 14.7. The average molecular weight is 447 g/mol. The summed E-state index contributed by atoms with van der Waals surface area (Å²) < 4.78 is 30.5. The fourth-order valence-corrected chi connectivity index (χ4v) is 4.56. The van der Waals surface area contributed by atoms with Crippen molar-refractivity contribution in [2.45, 2.75) is 19.0 Å². The van der Waals surface area contributed by atoms with Crippen molar-refractivity contribution in [3.8, 4) is 5.69 Å². The molecule has 2 aromatic carbocycles. The number of hydrogen-bond acceptors (Lipinski definition) is 2. The lowest BCUT2D eigenvalue weighted by Crippen LogP contribution is -2.30. The third-order valence-electron chi connectivity index (χ3n) is 5.71. The number of anilines is 1. The molecule has 1 N–H and O–H groups in total. The van der Waals surface area contributed by atoms with Crippen LogP contribution in [0.3, 0.4) is 0 Å². The summed E-state index contributed by atoms with van der Waals surface area (Å²) in [6, 6.07) is 20.5. The van der Waals surface area contributed by atoms with E-state index >= 15 is 0 Å². The van der Waals surface area contributed by atoms with Crippen LogP contribution in [0.2, 0.25) is 0 Å². The number of para-hydroxylation sites is 1. The Labute approximate surface area is 190 Å². The van der Waals surface area contributed by atoms with E-state index in [1.165, 1.54) is 12.1 Å². The van der Waals surface area contributed by atoms with Gasteiger partial charge in [0.25, 0.3) is 0 Å². The first kappa shape index (κ1) is 20.3. The van der Waals surface area contributed by atoms with Gasteiger partial charge < -0.3 is 14.8 Å². The fraction of sp³-hybridized carbons (Fsp3) is 0.120. The Kier molecular flexibility index (Phi) is 5.19. The number of rotatable bonds is 4. The molecule has 7 heteroatoms. The van der Waals surface area contributed by atoms with Crippen LogP contribution in [-0.4, -0.2) is 14.7 Å². The van der Waals surface area contributed by atoms with Crippen molar-refractivity contribution in [1.82, 2.24) is 14.9 Å². The van der Waals surface area contributed by atoms with Gasteiger partial charge in [-0.15, -0.1) is 0 Å². The minimum absolute atomic E-state index is 0.278. The van der Waals surface area contributed by atoms with Crippen LogP contribution in [0.15, 0.2) is 85.2 Å². The van der Waals surface area contributed by atoms with Crippen LogP contribution in [-0.2, 0) is 0 Å². The second-order valence-electron chi connectivity index (χ2n) is 7.68. The van der Waals surface area contributed by atoms with E-state index in [2.05, 4.69) is 10.3 Å². The van der Waals surface area contributed by atoms with Gasteiger partial charge in [0.15, 0.2) is 5.11 Å². The lowest BCUT2D eigenvalue weighted by molar-refractivity contribution is 0.544. The summed E-state index contributed by atoms with van der Waals surface area (Å²) in [7, 11) is 0.